The molecular formula is C15H20N2O. The Hall–Kier alpha value is -1.51. The van der Waals surface area contributed by atoms with Crippen molar-refractivity contribution in [3.05, 3.63) is 29.8 Å². The standard InChI is InChI=1S/C15H20N2O/c1-11-7-9-15(10-8-11)16-14(18)12-5-3-4-6-13(12)17(15)2/h3-6,11H,7-10H2,1-2H3,(H,16,18). The number of anilines is 1. The number of carbonyl (C=O) groups is 1. The SMILES string of the molecule is CC1CCC2(CC1)NC(=O)c1ccccc1N2C. The summed E-state index contributed by atoms with van der Waals surface area (Å²) >= 11 is 0. The molecule has 3 heteroatoms. The van der Waals surface area contributed by atoms with Gasteiger partial charge in [-0.25, -0.2) is 0 Å². The number of amides is 1. The van der Waals surface area contributed by atoms with E-state index in [1.807, 2.05) is 24.3 Å². The Labute approximate surface area is 108 Å². The Morgan fingerprint density at radius 1 is 1.28 bits per heavy atom. The second-order valence-corrected chi connectivity index (χ2v) is 5.74. The van der Waals surface area contributed by atoms with E-state index in [-0.39, 0.29) is 11.6 Å². The molecule has 3 rings (SSSR count). The second-order valence-electron chi connectivity index (χ2n) is 5.74. The summed E-state index contributed by atoms with van der Waals surface area (Å²) in [6.45, 7) is 2.30. The highest BCUT2D eigenvalue weighted by atomic mass is 16.2. The number of hydrogen-bond acceptors (Lipinski definition) is 2. The van der Waals surface area contributed by atoms with Crippen LogP contribution in [0.15, 0.2) is 24.3 Å². The minimum atomic E-state index is -0.155. The molecule has 2 aliphatic rings. The van der Waals surface area contributed by atoms with Gasteiger partial charge in [-0.1, -0.05) is 19.1 Å². The zero-order valence-electron chi connectivity index (χ0n) is 11.1. The fourth-order valence-electron chi connectivity index (χ4n) is 3.25. The molecule has 1 aromatic rings. The maximum Gasteiger partial charge on any atom is 0.255 e. The molecule has 0 radical (unpaired) electrons. The minimum Gasteiger partial charge on any atom is -0.351 e. The summed E-state index contributed by atoms with van der Waals surface area (Å²) in [6, 6.07) is 7.88. The van der Waals surface area contributed by atoms with Crippen LogP contribution in [0.1, 0.15) is 43.0 Å². The minimum absolute atomic E-state index is 0.0817. The first-order chi connectivity index (χ1) is 8.62. The Morgan fingerprint density at radius 2 is 1.94 bits per heavy atom. The lowest BCUT2D eigenvalue weighted by atomic mass is 9.80. The molecule has 1 heterocycles. The van der Waals surface area contributed by atoms with E-state index >= 15 is 0 Å². The molecule has 0 bridgehead atoms. The van der Waals surface area contributed by atoms with Crippen LogP contribution in [0.3, 0.4) is 0 Å². The van der Waals surface area contributed by atoms with Gasteiger partial charge in [0.2, 0.25) is 0 Å². The van der Waals surface area contributed by atoms with Gasteiger partial charge in [0.15, 0.2) is 0 Å². The second kappa shape index (κ2) is 4.01. The molecule has 96 valence electrons. The molecule has 3 nitrogen and oxygen atoms in total. The number of benzene rings is 1. The van der Waals surface area contributed by atoms with Gasteiger partial charge in [-0.15, -0.1) is 0 Å². The van der Waals surface area contributed by atoms with Crippen molar-refractivity contribution >= 4 is 11.6 Å². The van der Waals surface area contributed by atoms with Gasteiger partial charge in [0.25, 0.3) is 5.91 Å². The first kappa shape index (κ1) is 11.6. The third kappa shape index (κ3) is 1.61. The van der Waals surface area contributed by atoms with Crippen LogP contribution in [0, 0.1) is 5.92 Å². The normalized spacial score (nSPS) is 31.1. The number of carbonyl (C=O) groups excluding carboxylic acids is 1. The summed E-state index contributed by atoms with van der Waals surface area (Å²) in [5.74, 6) is 0.858. The van der Waals surface area contributed by atoms with Crippen LogP contribution in [0.5, 0.6) is 0 Å². The molecule has 1 fully saturated rings. The van der Waals surface area contributed by atoms with E-state index in [2.05, 4.69) is 24.2 Å². The molecule has 0 atom stereocenters. The average Bonchev–Trinajstić information content (AvgIpc) is 2.40. The maximum atomic E-state index is 12.2. The van der Waals surface area contributed by atoms with Crippen LogP contribution in [0.25, 0.3) is 0 Å². The summed E-state index contributed by atoms with van der Waals surface area (Å²) in [5.41, 5.74) is 1.71. The molecule has 1 aromatic carbocycles. The van der Waals surface area contributed by atoms with Gasteiger partial charge in [0, 0.05) is 7.05 Å². The van der Waals surface area contributed by atoms with E-state index in [0.717, 1.165) is 30.0 Å². The van der Waals surface area contributed by atoms with E-state index in [0.29, 0.717) is 0 Å². The highest BCUT2D eigenvalue weighted by molar-refractivity contribution is 6.02. The first-order valence-electron chi connectivity index (χ1n) is 6.78. The van der Waals surface area contributed by atoms with Gasteiger partial charge in [-0.3, -0.25) is 4.79 Å². The Morgan fingerprint density at radius 3 is 2.67 bits per heavy atom. The molecule has 1 saturated carbocycles. The fraction of sp³-hybridized carbons (Fsp3) is 0.533. The van der Waals surface area contributed by atoms with Crippen molar-refractivity contribution in [3.8, 4) is 0 Å². The quantitative estimate of drug-likeness (QED) is 0.761. The van der Waals surface area contributed by atoms with Gasteiger partial charge in [-0.05, 0) is 43.7 Å². The Balaban J connectivity index is 1.99. The van der Waals surface area contributed by atoms with E-state index in [4.69, 9.17) is 0 Å². The average molecular weight is 244 g/mol. The molecule has 1 aliphatic heterocycles. The monoisotopic (exact) mass is 244 g/mol. The van der Waals surface area contributed by atoms with Crippen LogP contribution in [0.2, 0.25) is 0 Å². The van der Waals surface area contributed by atoms with Gasteiger partial charge in [-0.2, -0.15) is 0 Å². The topological polar surface area (TPSA) is 32.3 Å². The van der Waals surface area contributed by atoms with Crippen LogP contribution in [-0.4, -0.2) is 18.6 Å². The van der Waals surface area contributed by atoms with Crippen molar-refractivity contribution in [1.82, 2.24) is 5.32 Å². The van der Waals surface area contributed by atoms with Gasteiger partial charge in [0.05, 0.1) is 11.3 Å². The molecule has 1 aliphatic carbocycles. The maximum absolute atomic E-state index is 12.2. The summed E-state index contributed by atoms with van der Waals surface area (Å²) in [7, 11) is 2.11. The van der Waals surface area contributed by atoms with E-state index in [1.54, 1.807) is 0 Å². The van der Waals surface area contributed by atoms with E-state index < -0.39 is 0 Å². The van der Waals surface area contributed by atoms with Gasteiger partial charge < -0.3 is 10.2 Å². The number of fused-ring (bicyclic) bond motifs is 1. The third-order valence-electron chi connectivity index (χ3n) is 4.60. The molecule has 18 heavy (non-hydrogen) atoms. The van der Waals surface area contributed by atoms with Crippen LogP contribution in [0.4, 0.5) is 5.69 Å². The Kier molecular flexibility index (Phi) is 2.58. The lowest BCUT2D eigenvalue weighted by Crippen LogP contribution is -2.64. The molecule has 0 unspecified atom stereocenters. The lowest BCUT2D eigenvalue weighted by Gasteiger charge is -2.50. The van der Waals surface area contributed by atoms with E-state index in [9.17, 15) is 4.79 Å². The van der Waals surface area contributed by atoms with Crippen LogP contribution < -0.4 is 10.2 Å². The highest BCUT2D eigenvalue weighted by Crippen LogP contribution is 2.40. The number of nitrogens with zero attached hydrogens (tertiary/aromatic N) is 1. The molecule has 1 amide bonds. The van der Waals surface area contributed by atoms with E-state index in [1.165, 1.54) is 12.8 Å². The van der Waals surface area contributed by atoms with Crippen LogP contribution in [-0.2, 0) is 0 Å². The number of rotatable bonds is 0. The fourth-order valence-corrected chi connectivity index (χ4v) is 3.25. The van der Waals surface area contributed by atoms with Crippen molar-refractivity contribution in [2.45, 2.75) is 38.3 Å². The summed E-state index contributed by atoms with van der Waals surface area (Å²) in [6.07, 6.45) is 4.47. The molecular weight excluding hydrogens is 224 g/mol. The largest absolute Gasteiger partial charge is 0.351 e. The Bertz CT molecular complexity index is 475. The summed E-state index contributed by atoms with van der Waals surface area (Å²) < 4.78 is 0. The lowest BCUT2D eigenvalue weighted by molar-refractivity contribution is 0.0831. The highest BCUT2D eigenvalue weighted by Gasteiger charge is 2.43. The number of para-hydroxylation sites is 1. The molecule has 1 spiro atoms. The predicted octanol–water partition coefficient (Wildman–Crippen LogP) is 2.77. The number of hydrogen-bond donors (Lipinski definition) is 1. The predicted molar refractivity (Wildman–Crippen MR) is 72.7 cm³/mol. The molecule has 0 aromatic heterocycles. The summed E-state index contributed by atoms with van der Waals surface area (Å²) in [5, 5.41) is 3.25. The molecule has 1 N–H and O–H groups in total. The zero-order valence-corrected chi connectivity index (χ0v) is 11.1. The van der Waals surface area contributed by atoms with Crippen molar-refractivity contribution in [2.75, 3.05) is 11.9 Å². The smallest absolute Gasteiger partial charge is 0.255 e. The van der Waals surface area contributed by atoms with Crippen molar-refractivity contribution in [2.24, 2.45) is 5.92 Å². The van der Waals surface area contributed by atoms with Crippen molar-refractivity contribution in [1.29, 1.82) is 0 Å². The molecule has 0 saturated heterocycles. The number of nitrogens with one attached hydrogen (secondary N) is 1. The van der Waals surface area contributed by atoms with Crippen molar-refractivity contribution < 1.29 is 4.79 Å². The zero-order chi connectivity index (χ0) is 12.8. The third-order valence-corrected chi connectivity index (χ3v) is 4.60. The van der Waals surface area contributed by atoms with Gasteiger partial charge >= 0.3 is 0 Å². The first-order valence-corrected chi connectivity index (χ1v) is 6.78. The van der Waals surface area contributed by atoms with Crippen LogP contribution >= 0.6 is 0 Å². The summed E-state index contributed by atoms with van der Waals surface area (Å²) in [4.78, 5) is 14.5. The van der Waals surface area contributed by atoms with Gasteiger partial charge in [0.1, 0.15) is 5.66 Å². The van der Waals surface area contributed by atoms with Crippen molar-refractivity contribution in [3.63, 3.8) is 0 Å².